The van der Waals surface area contributed by atoms with Crippen molar-refractivity contribution in [2.75, 3.05) is 6.61 Å². The van der Waals surface area contributed by atoms with E-state index >= 15 is 0 Å². The molecular weight excluding hydrogens is 534 g/mol. The number of hydrogen-bond acceptors (Lipinski definition) is 10. The van der Waals surface area contributed by atoms with Gasteiger partial charge >= 0.3 is 24.2 Å². The zero-order valence-electron chi connectivity index (χ0n) is 25.6. The number of rotatable bonds is 15. The molecule has 232 valence electrons. The van der Waals surface area contributed by atoms with Gasteiger partial charge < -0.3 is 34.5 Å². The molecule has 0 heterocycles. The first-order valence-electron chi connectivity index (χ1n) is 14.1. The molecule has 0 aliphatic rings. The summed E-state index contributed by atoms with van der Waals surface area (Å²) in [5, 5.41) is 9.73. The quantitative estimate of drug-likeness (QED) is 0.138. The Kier molecular flexibility index (Phi) is 14.6. The Labute approximate surface area is 243 Å². The molecule has 0 radical (unpaired) electrons. The second-order valence-corrected chi connectivity index (χ2v) is 11.6. The van der Waals surface area contributed by atoms with E-state index in [0.29, 0.717) is 18.4 Å². The fourth-order valence-corrected chi connectivity index (χ4v) is 4.24. The molecule has 0 amide bonds. The van der Waals surface area contributed by atoms with E-state index in [2.05, 4.69) is 0 Å². The van der Waals surface area contributed by atoms with Gasteiger partial charge in [-0.2, -0.15) is 0 Å². The summed E-state index contributed by atoms with van der Waals surface area (Å²) < 4.78 is 26.7. The maximum absolute atomic E-state index is 12.6. The maximum Gasteiger partial charge on any atom is 0.514 e. The van der Waals surface area contributed by atoms with Crippen LogP contribution in [0.3, 0.4) is 0 Å². The second-order valence-electron chi connectivity index (χ2n) is 11.6. The van der Waals surface area contributed by atoms with Gasteiger partial charge in [-0.15, -0.1) is 0 Å². The summed E-state index contributed by atoms with van der Waals surface area (Å²) in [6.45, 7) is 14.7. The zero-order chi connectivity index (χ0) is 31.3. The minimum atomic E-state index is -1.39. The topological polar surface area (TPSA) is 161 Å². The zero-order valence-corrected chi connectivity index (χ0v) is 25.6. The van der Waals surface area contributed by atoms with Gasteiger partial charge in [0.1, 0.15) is 18.2 Å². The van der Waals surface area contributed by atoms with Crippen LogP contribution in [0.1, 0.15) is 99.0 Å². The smallest absolute Gasteiger partial charge is 0.480 e. The van der Waals surface area contributed by atoms with E-state index in [0.717, 1.165) is 12.8 Å². The van der Waals surface area contributed by atoms with Gasteiger partial charge in [0.05, 0.1) is 13.0 Å². The van der Waals surface area contributed by atoms with Crippen molar-refractivity contribution in [3.63, 3.8) is 0 Å². The average molecular weight is 582 g/mol. The molecule has 0 saturated heterocycles. The van der Waals surface area contributed by atoms with Gasteiger partial charge in [0, 0.05) is 5.92 Å². The molecule has 0 fully saturated rings. The first-order chi connectivity index (χ1) is 19.1. The molecule has 0 bridgehead atoms. The minimum absolute atomic E-state index is 0.0901. The summed E-state index contributed by atoms with van der Waals surface area (Å²) >= 11 is 0. The summed E-state index contributed by atoms with van der Waals surface area (Å²) in [7, 11) is 0. The van der Waals surface area contributed by atoms with Crippen molar-refractivity contribution >= 4 is 24.2 Å². The van der Waals surface area contributed by atoms with Crippen molar-refractivity contribution in [1.82, 2.24) is 0 Å². The molecule has 1 aromatic rings. The number of carbonyl (C=O) groups excluding carboxylic acids is 3. The van der Waals surface area contributed by atoms with Crippen molar-refractivity contribution in [2.24, 2.45) is 17.1 Å². The average Bonchev–Trinajstić information content (AvgIpc) is 2.83. The Morgan fingerprint density at radius 1 is 0.878 bits per heavy atom. The highest BCUT2D eigenvalue weighted by molar-refractivity contribution is 5.75. The third-order valence-electron chi connectivity index (χ3n) is 6.19. The molecule has 5 atom stereocenters. The van der Waals surface area contributed by atoms with Gasteiger partial charge in [-0.3, -0.25) is 9.59 Å². The van der Waals surface area contributed by atoms with Crippen molar-refractivity contribution < 1.29 is 48.0 Å². The molecule has 4 unspecified atom stereocenters. The Hall–Kier alpha value is -3.34. The van der Waals surface area contributed by atoms with Crippen LogP contribution in [0.2, 0.25) is 0 Å². The summed E-state index contributed by atoms with van der Waals surface area (Å²) in [6, 6.07) is 2.85. The third-order valence-corrected chi connectivity index (χ3v) is 6.19. The van der Waals surface area contributed by atoms with Gasteiger partial charge in [-0.25, -0.2) is 9.59 Å². The third kappa shape index (κ3) is 13.2. The number of benzene rings is 1. The lowest BCUT2D eigenvalue weighted by atomic mass is 9.82. The Bertz CT molecular complexity index is 1020. The summed E-state index contributed by atoms with van der Waals surface area (Å²) in [5.74, 6) is -3.41. The highest BCUT2D eigenvalue weighted by atomic mass is 16.7. The number of aliphatic carboxylic acids is 1. The predicted octanol–water partition coefficient (Wildman–Crippen LogP) is 6.21. The van der Waals surface area contributed by atoms with Crippen molar-refractivity contribution in [2.45, 2.75) is 112 Å². The Morgan fingerprint density at radius 2 is 1.39 bits per heavy atom. The molecular formula is C30H47NO10. The summed E-state index contributed by atoms with van der Waals surface area (Å²) in [5.41, 5.74) is 6.16. The molecule has 0 aromatic heterocycles. The minimum Gasteiger partial charge on any atom is -0.480 e. The SMILES string of the molecule is CCCC(C)OC(=O)Oc1ccc(C(C(C)COC(=O)CC(C)(C)C)[C@H](N)C(=O)O)cc1OC(=O)OC(C)CCC. The molecule has 11 heteroatoms. The van der Waals surface area contributed by atoms with E-state index in [4.69, 9.17) is 29.4 Å². The van der Waals surface area contributed by atoms with Gasteiger partial charge in [0.15, 0.2) is 11.5 Å². The maximum atomic E-state index is 12.6. The first kappa shape index (κ1) is 35.7. The lowest BCUT2D eigenvalue weighted by molar-refractivity contribution is -0.147. The molecule has 41 heavy (non-hydrogen) atoms. The van der Waals surface area contributed by atoms with Crippen LogP contribution in [0.15, 0.2) is 18.2 Å². The molecule has 0 spiro atoms. The molecule has 1 rings (SSSR count). The van der Waals surface area contributed by atoms with Crippen molar-refractivity contribution in [3.05, 3.63) is 23.8 Å². The molecule has 0 aliphatic heterocycles. The fraction of sp³-hybridized carbons (Fsp3) is 0.667. The van der Waals surface area contributed by atoms with Crippen molar-refractivity contribution in [3.8, 4) is 11.5 Å². The monoisotopic (exact) mass is 581 g/mol. The fourth-order valence-electron chi connectivity index (χ4n) is 4.24. The van der Waals surface area contributed by atoms with Crippen LogP contribution in [0, 0.1) is 11.3 Å². The molecule has 11 nitrogen and oxygen atoms in total. The first-order valence-corrected chi connectivity index (χ1v) is 14.1. The highest BCUT2D eigenvalue weighted by Gasteiger charge is 2.33. The number of ether oxygens (including phenoxy) is 5. The van der Waals surface area contributed by atoms with Crippen LogP contribution in [0.4, 0.5) is 9.59 Å². The van der Waals surface area contributed by atoms with Gasteiger partial charge in [-0.1, -0.05) is 60.5 Å². The van der Waals surface area contributed by atoms with Gasteiger partial charge in [0.25, 0.3) is 0 Å². The largest absolute Gasteiger partial charge is 0.514 e. The van der Waals surface area contributed by atoms with E-state index in [1.54, 1.807) is 20.8 Å². The van der Waals surface area contributed by atoms with Crippen molar-refractivity contribution in [1.29, 1.82) is 0 Å². The lowest BCUT2D eigenvalue weighted by Gasteiger charge is -2.28. The molecule has 3 N–H and O–H groups in total. The normalized spacial score (nSPS) is 15.0. The number of nitrogens with two attached hydrogens (primary N) is 1. The second kappa shape index (κ2) is 16.8. The van der Waals surface area contributed by atoms with Gasteiger partial charge in [0.2, 0.25) is 0 Å². The Morgan fingerprint density at radius 3 is 1.85 bits per heavy atom. The summed E-state index contributed by atoms with van der Waals surface area (Å²) in [6.07, 6.45) is 0.184. The van der Waals surface area contributed by atoms with Crippen LogP contribution >= 0.6 is 0 Å². The summed E-state index contributed by atoms with van der Waals surface area (Å²) in [4.78, 5) is 49.2. The van der Waals surface area contributed by atoms with E-state index in [-0.39, 0.29) is 29.9 Å². The van der Waals surface area contributed by atoms with E-state index in [1.807, 2.05) is 34.6 Å². The lowest BCUT2D eigenvalue weighted by Crippen LogP contribution is -2.40. The van der Waals surface area contributed by atoms with Crippen LogP contribution < -0.4 is 15.2 Å². The number of hydrogen-bond donors (Lipinski definition) is 2. The number of carboxylic acid groups (broad SMARTS) is 1. The number of carboxylic acids is 1. The van der Waals surface area contributed by atoms with E-state index < -0.39 is 54.3 Å². The highest BCUT2D eigenvalue weighted by Crippen LogP contribution is 2.36. The Balaban J connectivity index is 3.36. The molecule has 0 aliphatic carbocycles. The van der Waals surface area contributed by atoms with Crippen LogP contribution in [0.5, 0.6) is 11.5 Å². The molecule has 0 saturated carbocycles. The van der Waals surface area contributed by atoms with Crippen LogP contribution in [0.25, 0.3) is 0 Å². The predicted molar refractivity (Wildman–Crippen MR) is 152 cm³/mol. The number of esters is 1. The standard InChI is InChI=1S/C30H47NO10/c1-9-11-19(4)38-28(35)40-22-14-13-21(15-23(22)41-29(36)39-20(5)12-10-2)25(26(31)27(33)34)18(3)17-37-24(32)16-30(6,7)8/h13-15,18-20,25-26H,9-12,16-17,31H2,1-8H3,(H,33,34)/t18?,19?,20?,25?,26-/m0/s1. The molecule has 1 aromatic carbocycles. The van der Waals surface area contributed by atoms with E-state index in [9.17, 15) is 24.3 Å². The van der Waals surface area contributed by atoms with Gasteiger partial charge in [-0.05, 0) is 55.7 Å². The number of carbonyl (C=O) groups is 4. The van der Waals surface area contributed by atoms with E-state index in [1.165, 1.54) is 18.2 Å². The van der Waals surface area contributed by atoms with Crippen LogP contribution in [-0.2, 0) is 23.8 Å². The van der Waals surface area contributed by atoms with Crippen LogP contribution in [-0.4, -0.2) is 54.2 Å².